The fraction of sp³-hybridized carbons (Fsp3) is 0.217. The second-order valence-corrected chi connectivity index (χ2v) is 7.90. The fourth-order valence-corrected chi connectivity index (χ4v) is 4.53. The number of Topliss-reactive ketones (excluding diaryl/α,β-unsaturated/α-hetero) is 1. The molecule has 8 heteroatoms. The Morgan fingerprint density at radius 2 is 1.97 bits per heavy atom. The van der Waals surface area contributed by atoms with E-state index in [0.717, 1.165) is 10.4 Å². The van der Waals surface area contributed by atoms with Gasteiger partial charge in [-0.1, -0.05) is 12.1 Å². The van der Waals surface area contributed by atoms with Crippen molar-refractivity contribution in [2.45, 2.75) is 12.5 Å². The molecule has 1 aliphatic heterocycles. The van der Waals surface area contributed by atoms with E-state index in [0.29, 0.717) is 24.5 Å². The summed E-state index contributed by atoms with van der Waals surface area (Å²) in [5.74, 6) is -0.316. The van der Waals surface area contributed by atoms with E-state index in [9.17, 15) is 14.7 Å². The molecule has 0 bridgehead atoms. The highest BCUT2D eigenvalue weighted by Gasteiger charge is 2.44. The third-order valence-electron chi connectivity index (χ3n) is 5.20. The van der Waals surface area contributed by atoms with Gasteiger partial charge < -0.3 is 23.9 Å². The zero-order valence-electron chi connectivity index (χ0n) is 17.0. The number of thiophene rings is 1. The van der Waals surface area contributed by atoms with Crippen molar-refractivity contribution >= 4 is 23.0 Å². The molecule has 3 aromatic rings. The molecule has 31 heavy (non-hydrogen) atoms. The van der Waals surface area contributed by atoms with Crippen LogP contribution < -0.4 is 9.47 Å². The molecule has 4 rings (SSSR count). The van der Waals surface area contributed by atoms with Crippen LogP contribution >= 0.6 is 11.3 Å². The Morgan fingerprint density at radius 3 is 2.61 bits per heavy atom. The average Bonchev–Trinajstić information content (AvgIpc) is 3.54. The van der Waals surface area contributed by atoms with Gasteiger partial charge in [0.25, 0.3) is 5.91 Å². The summed E-state index contributed by atoms with van der Waals surface area (Å²) < 4.78 is 15.8. The number of ether oxygens (including phenoxy) is 2. The summed E-state index contributed by atoms with van der Waals surface area (Å²) >= 11 is 1.42. The number of rotatable bonds is 8. The van der Waals surface area contributed by atoms with Crippen LogP contribution in [0.5, 0.6) is 11.5 Å². The van der Waals surface area contributed by atoms with E-state index in [2.05, 4.69) is 0 Å². The van der Waals surface area contributed by atoms with Crippen LogP contribution in [0.15, 0.2) is 69.9 Å². The minimum atomic E-state index is -0.676. The average molecular weight is 439 g/mol. The lowest BCUT2D eigenvalue weighted by Gasteiger charge is -2.25. The molecule has 0 fully saturated rings. The van der Waals surface area contributed by atoms with Crippen molar-refractivity contribution in [1.29, 1.82) is 0 Å². The van der Waals surface area contributed by atoms with E-state index >= 15 is 0 Å². The summed E-state index contributed by atoms with van der Waals surface area (Å²) in [5.41, 5.74) is 0.968. The molecule has 2 aromatic heterocycles. The first-order valence-corrected chi connectivity index (χ1v) is 10.5. The predicted molar refractivity (Wildman–Crippen MR) is 115 cm³/mol. The molecular formula is C23H21NO6S. The molecular weight excluding hydrogens is 418 g/mol. The zero-order valence-corrected chi connectivity index (χ0v) is 17.8. The largest absolute Gasteiger partial charge is 0.503 e. The lowest BCUT2D eigenvalue weighted by atomic mass is 10.00. The Labute approximate surface area is 183 Å². The normalized spacial score (nSPS) is 16.1. The second kappa shape index (κ2) is 8.69. The number of ketones is 1. The van der Waals surface area contributed by atoms with Crippen LogP contribution in [0.2, 0.25) is 0 Å². The Bertz CT molecular complexity index is 1120. The monoisotopic (exact) mass is 439 g/mol. The molecule has 0 radical (unpaired) electrons. The lowest BCUT2D eigenvalue weighted by Crippen LogP contribution is -2.32. The van der Waals surface area contributed by atoms with E-state index in [1.165, 1.54) is 28.6 Å². The Morgan fingerprint density at radius 1 is 1.16 bits per heavy atom. The van der Waals surface area contributed by atoms with Gasteiger partial charge in [0.1, 0.15) is 0 Å². The van der Waals surface area contributed by atoms with Crippen LogP contribution in [0, 0.1) is 0 Å². The number of aliphatic hydroxyl groups is 1. The predicted octanol–water partition coefficient (Wildman–Crippen LogP) is 4.18. The van der Waals surface area contributed by atoms with Crippen LogP contribution in [-0.4, -0.2) is 42.5 Å². The first kappa shape index (κ1) is 20.7. The summed E-state index contributed by atoms with van der Waals surface area (Å²) in [6.07, 6.45) is 1.89. The van der Waals surface area contributed by atoms with Gasteiger partial charge in [-0.15, -0.1) is 11.3 Å². The summed E-state index contributed by atoms with van der Waals surface area (Å²) in [7, 11) is 3.13. The third-order valence-corrected chi connectivity index (χ3v) is 6.12. The number of aliphatic hydroxyl groups excluding tert-OH is 1. The van der Waals surface area contributed by atoms with Crippen LogP contribution in [-0.2, 0) is 11.2 Å². The number of benzene rings is 1. The molecule has 0 aliphatic carbocycles. The molecule has 7 nitrogen and oxygen atoms in total. The molecule has 1 aromatic carbocycles. The van der Waals surface area contributed by atoms with Crippen LogP contribution in [0.4, 0.5) is 0 Å². The first-order valence-electron chi connectivity index (χ1n) is 9.61. The van der Waals surface area contributed by atoms with Gasteiger partial charge in [0.05, 0.1) is 32.1 Å². The second-order valence-electron chi connectivity index (χ2n) is 6.92. The van der Waals surface area contributed by atoms with Crippen molar-refractivity contribution in [3.8, 4) is 11.5 Å². The molecule has 0 spiro atoms. The maximum atomic E-state index is 13.0. The van der Waals surface area contributed by atoms with Crippen LogP contribution in [0.1, 0.15) is 27.0 Å². The lowest BCUT2D eigenvalue weighted by molar-refractivity contribution is -0.129. The maximum absolute atomic E-state index is 13.0. The smallest absolute Gasteiger partial charge is 0.290 e. The van der Waals surface area contributed by atoms with Crippen molar-refractivity contribution in [2.24, 2.45) is 0 Å². The molecule has 1 N–H and O–H groups in total. The van der Waals surface area contributed by atoms with Gasteiger partial charge in [0, 0.05) is 11.4 Å². The van der Waals surface area contributed by atoms with Crippen molar-refractivity contribution in [3.05, 3.63) is 81.6 Å². The summed E-state index contributed by atoms with van der Waals surface area (Å²) in [6.45, 7) is 0.301. The number of amides is 1. The summed E-state index contributed by atoms with van der Waals surface area (Å²) in [4.78, 5) is 28.3. The SMILES string of the molecule is COc1ccc(CCN2C(=O)C(O)=C(C(=O)c3ccco3)[C@@H]2c2cccs2)cc1OC. The molecule has 0 unspecified atom stereocenters. The van der Waals surface area contributed by atoms with E-state index in [1.807, 2.05) is 29.6 Å². The Balaban J connectivity index is 1.63. The number of hydrogen-bond acceptors (Lipinski definition) is 7. The number of carbonyl (C=O) groups excluding carboxylic acids is 2. The van der Waals surface area contributed by atoms with E-state index in [4.69, 9.17) is 13.9 Å². The van der Waals surface area contributed by atoms with Crippen molar-refractivity contribution in [1.82, 2.24) is 4.90 Å². The number of carbonyl (C=O) groups is 2. The standard InChI is InChI=1S/C23H21NO6S/c1-28-15-8-7-14(13-17(15)29-2)9-10-24-20(18-6-4-12-31-18)19(22(26)23(24)27)21(25)16-5-3-11-30-16/h3-8,11-13,20,26H,9-10H2,1-2H3/t20-/m0/s1. The molecule has 1 amide bonds. The van der Waals surface area contributed by atoms with Crippen molar-refractivity contribution in [2.75, 3.05) is 20.8 Å². The number of furan rings is 1. The van der Waals surface area contributed by atoms with Gasteiger partial charge in [-0.3, -0.25) is 9.59 Å². The molecule has 3 heterocycles. The highest BCUT2D eigenvalue weighted by Crippen LogP contribution is 2.41. The van der Waals surface area contributed by atoms with E-state index < -0.39 is 23.5 Å². The maximum Gasteiger partial charge on any atom is 0.290 e. The minimum Gasteiger partial charge on any atom is -0.503 e. The van der Waals surface area contributed by atoms with Crippen LogP contribution in [0.25, 0.3) is 0 Å². The van der Waals surface area contributed by atoms with Gasteiger partial charge >= 0.3 is 0 Å². The fourth-order valence-electron chi connectivity index (χ4n) is 3.69. The minimum absolute atomic E-state index is 0.0368. The van der Waals surface area contributed by atoms with Gasteiger partial charge in [-0.25, -0.2) is 0 Å². The third kappa shape index (κ3) is 3.82. The number of nitrogens with zero attached hydrogens (tertiary/aromatic N) is 1. The van der Waals surface area contributed by atoms with Crippen LogP contribution in [0.3, 0.4) is 0 Å². The first-order chi connectivity index (χ1) is 15.0. The van der Waals surface area contributed by atoms with E-state index in [-0.39, 0.29) is 11.3 Å². The Hall–Kier alpha value is -3.52. The molecule has 1 atom stereocenters. The molecule has 0 saturated heterocycles. The topological polar surface area (TPSA) is 89.2 Å². The quantitative estimate of drug-likeness (QED) is 0.530. The molecule has 160 valence electrons. The highest BCUT2D eigenvalue weighted by atomic mass is 32.1. The number of hydrogen-bond donors (Lipinski definition) is 1. The molecule has 1 aliphatic rings. The van der Waals surface area contributed by atoms with Crippen molar-refractivity contribution in [3.63, 3.8) is 0 Å². The zero-order chi connectivity index (χ0) is 22.0. The van der Waals surface area contributed by atoms with Gasteiger partial charge in [0.15, 0.2) is 23.0 Å². The van der Waals surface area contributed by atoms with Gasteiger partial charge in [0.2, 0.25) is 5.78 Å². The summed E-state index contributed by atoms with van der Waals surface area (Å²) in [5, 5.41) is 12.5. The molecule has 0 saturated carbocycles. The van der Waals surface area contributed by atoms with Crippen molar-refractivity contribution < 1.29 is 28.6 Å². The van der Waals surface area contributed by atoms with Gasteiger partial charge in [-0.2, -0.15) is 0 Å². The highest BCUT2D eigenvalue weighted by molar-refractivity contribution is 7.10. The number of methoxy groups -OCH3 is 2. The van der Waals surface area contributed by atoms with Gasteiger partial charge in [-0.05, 0) is 47.7 Å². The summed E-state index contributed by atoms with van der Waals surface area (Å²) in [6, 6.07) is 11.7. The Kier molecular flexibility index (Phi) is 5.81. The van der Waals surface area contributed by atoms with E-state index in [1.54, 1.807) is 26.4 Å².